The van der Waals surface area contributed by atoms with Gasteiger partial charge in [0.25, 0.3) is 0 Å². The first-order valence-electron chi connectivity index (χ1n) is 9.30. The van der Waals surface area contributed by atoms with E-state index in [-0.39, 0.29) is 12.1 Å². The van der Waals surface area contributed by atoms with Crippen LogP contribution in [0.25, 0.3) is 0 Å². The molecular weight excluding hydrogens is 288 g/mol. The quantitative estimate of drug-likeness (QED) is 0.816. The fraction of sp³-hybridized carbons (Fsp3) is 0.947. The fourth-order valence-corrected chi connectivity index (χ4v) is 4.02. The zero-order valence-corrected chi connectivity index (χ0v) is 15.9. The second-order valence-corrected chi connectivity index (χ2v) is 9.54. The molecule has 2 N–H and O–H groups in total. The zero-order valence-electron chi connectivity index (χ0n) is 15.9. The van der Waals surface area contributed by atoms with Crippen LogP contribution in [0.4, 0.5) is 4.79 Å². The summed E-state index contributed by atoms with van der Waals surface area (Å²) < 4.78 is 5.32. The lowest BCUT2D eigenvalue weighted by molar-refractivity contribution is 0.0449. The third-order valence-corrected chi connectivity index (χ3v) is 5.19. The van der Waals surface area contributed by atoms with Gasteiger partial charge in [0.1, 0.15) is 5.60 Å². The summed E-state index contributed by atoms with van der Waals surface area (Å²) >= 11 is 0. The Bertz CT molecular complexity index is 403. The molecular formula is C19H36N2O2. The first-order chi connectivity index (χ1) is 10.5. The highest BCUT2D eigenvalue weighted by atomic mass is 16.6. The average molecular weight is 325 g/mol. The van der Waals surface area contributed by atoms with Crippen LogP contribution < -0.4 is 10.6 Å². The second-order valence-electron chi connectivity index (χ2n) is 9.54. The number of ether oxygens (including phenoxy) is 1. The normalized spacial score (nSPS) is 32.1. The highest BCUT2D eigenvalue weighted by Gasteiger charge is 2.38. The summed E-state index contributed by atoms with van der Waals surface area (Å²) in [4.78, 5) is 11.8. The summed E-state index contributed by atoms with van der Waals surface area (Å²) in [5.41, 5.74) is -0.0521. The van der Waals surface area contributed by atoms with Gasteiger partial charge in [-0.3, -0.25) is 0 Å². The first-order valence-corrected chi connectivity index (χ1v) is 9.30. The van der Waals surface area contributed by atoms with Crippen LogP contribution in [-0.2, 0) is 4.74 Å². The van der Waals surface area contributed by atoms with Crippen LogP contribution in [0.2, 0.25) is 0 Å². The molecule has 4 nitrogen and oxygen atoms in total. The lowest BCUT2D eigenvalue weighted by atomic mass is 9.69. The Morgan fingerprint density at radius 1 is 0.957 bits per heavy atom. The highest BCUT2D eigenvalue weighted by molar-refractivity contribution is 5.68. The summed E-state index contributed by atoms with van der Waals surface area (Å²) in [6.07, 6.45) is 7.10. The van der Waals surface area contributed by atoms with Gasteiger partial charge in [-0.1, -0.05) is 33.6 Å². The van der Waals surface area contributed by atoms with Crippen molar-refractivity contribution in [3.8, 4) is 0 Å². The Balaban J connectivity index is 1.74. The minimum atomic E-state index is -0.423. The zero-order chi connectivity index (χ0) is 17.3. The molecule has 0 saturated heterocycles. The summed E-state index contributed by atoms with van der Waals surface area (Å²) in [5.74, 6) is 0.758. The van der Waals surface area contributed by atoms with Crippen molar-refractivity contribution in [2.75, 3.05) is 0 Å². The number of carbonyl (C=O) groups excluding carboxylic acids is 1. The molecule has 0 radical (unpaired) electrons. The Labute approximate surface area is 142 Å². The van der Waals surface area contributed by atoms with Gasteiger partial charge in [0.15, 0.2) is 0 Å². The molecule has 2 fully saturated rings. The van der Waals surface area contributed by atoms with Crippen molar-refractivity contribution >= 4 is 6.09 Å². The SMILES string of the molecule is CC(C)(C)OC(=O)NC1CC(NC2CCCCC2C(C)(C)C)C1. The number of carbonyl (C=O) groups is 1. The molecule has 0 heterocycles. The first kappa shape index (κ1) is 18.6. The molecule has 134 valence electrons. The lowest BCUT2D eigenvalue weighted by Crippen LogP contribution is -2.57. The van der Waals surface area contributed by atoms with E-state index in [1.807, 2.05) is 20.8 Å². The van der Waals surface area contributed by atoms with Gasteiger partial charge in [-0.2, -0.15) is 0 Å². The van der Waals surface area contributed by atoms with E-state index < -0.39 is 5.60 Å². The topological polar surface area (TPSA) is 50.4 Å². The maximum atomic E-state index is 11.8. The molecule has 4 heteroatoms. The van der Waals surface area contributed by atoms with Gasteiger partial charge in [0.2, 0.25) is 0 Å². The van der Waals surface area contributed by atoms with Crippen LogP contribution in [0.15, 0.2) is 0 Å². The third kappa shape index (κ3) is 5.66. The van der Waals surface area contributed by atoms with Gasteiger partial charge in [-0.05, 0) is 57.8 Å². The van der Waals surface area contributed by atoms with E-state index in [0.717, 1.165) is 18.8 Å². The van der Waals surface area contributed by atoms with Gasteiger partial charge < -0.3 is 15.4 Å². The third-order valence-electron chi connectivity index (χ3n) is 5.19. The van der Waals surface area contributed by atoms with Crippen LogP contribution in [-0.4, -0.2) is 29.8 Å². The van der Waals surface area contributed by atoms with Crippen molar-refractivity contribution < 1.29 is 9.53 Å². The molecule has 2 unspecified atom stereocenters. The van der Waals surface area contributed by atoms with Crippen molar-refractivity contribution in [2.45, 2.75) is 104 Å². The van der Waals surface area contributed by atoms with Crippen molar-refractivity contribution in [3.05, 3.63) is 0 Å². The van der Waals surface area contributed by atoms with E-state index in [2.05, 4.69) is 31.4 Å². The standard InChI is InChI=1S/C19H36N2O2/c1-18(2,3)15-9-7-8-10-16(15)20-13-11-14(12-13)21-17(22)23-19(4,5)6/h13-16,20H,7-12H2,1-6H3,(H,21,22). The average Bonchev–Trinajstić information content (AvgIpc) is 2.33. The summed E-state index contributed by atoms with van der Waals surface area (Å²) in [6, 6.07) is 1.44. The van der Waals surface area contributed by atoms with Crippen LogP contribution in [0.3, 0.4) is 0 Å². The molecule has 1 amide bonds. The predicted octanol–water partition coefficient (Wildman–Crippen LogP) is 4.24. The molecule has 2 aliphatic carbocycles. The maximum absolute atomic E-state index is 11.8. The van der Waals surface area contributed by atoms with E-state index in [1.54, 1.807) is 0 Å². The van der Waals surface area contributed by atoms with Gasteiger partial charge >= 0.3 is 6.09 Å². The fourth-order valence-electron chi connectivity index (χ4n) is 4.02. The van der Waals surface area contributed by atoms with E-state index in [4.69, 9.17) is 4.74 Å². The van der Waals surface area contributed by atoms with E-state index in [0.29, 0.717) is 17.5 Å². The van der Waals surface area contributed by atoms with Gasteiger partial charge in [-0.25, -0.2) is 4.79 Å². The Morgan fingerprint density at radius 3 is 2.13 bits per heavy atom. The smallest absolute Gasteiger partial charge is 0.407 e. The minimum Gasteiger partial charge on any atom is -0.444 e. The van der Waals surface area contributed by atoms with Crippen LogP contribution in [0.5, 0.6) is 0 Å². The molecule has 2 aliphatic rings. The molecule has 2 rings (SSSR count). The van der Waals surface area contributed by atoms with Crippen molar-refractivity contribution in [1.82, 2.24) is 10.6 Å². The summed E-state index contributed by atoms with van der Waals surface area (Å²) in [6.45, 7) is 12.8. The maximum Gasteiger partial charge on any atom is 0.407 e. The summed E-state index contributed by atoms with van der Waals surface area (Å²) in [5, 5.41) is 6.85. The Morgan fingerprint density at radius 2 is 1.57 bits per heavy atom. The molecule has 0 spiro atoms. The molecule has 0 aromatic heterocycles. The molecule has 2 atom stereocenters. The minimum absolute atomic E-state index is 0.263. The summed E-state index contributed by atoms with van der Waals surface area (Å²) in [7, 11) is 0. The van der Waals surface area contributed by atoms with Crippen molar-refractivity contribution in [1.29, 1.82) is 0 Å². The monoisotopic (exact) mass is 324 g/mol. The number of hydrogen-bond donors (Lipinski definition) is 2. The molecule has 0 aromatic carbocycles. The number of nitrogens with one attached hydrogen (secondary N) is 2. The van der Waals surface area contributed by atoms with Crippen molar-refractivity contribution in [2.24, 2.45) is 11.3 Å². The van der Waals surface area contributed by atoms with E-state index >= 15 is 0 Å². The molecule has 23 heavy (non-hydrogen) atoms. The largest absolute Gasteiger partial charge is 0.444 e. The predicted molar refractivity (Wildman–Crippen MR) is 94.5 cm³/mol. The number of hydrogen-bond acceptors (Lipinski definition) is 3. The van der Waals surface area contributed by atoms with Gasteiger partial charge in [-0.15, -0.1) is 0 Å². The highest BCUT2D eigenvalue weighted by Crippen LogP contribution is 2.39. The van der Waals surface area contributed by atoms with Crippen molar-refractivity contribution in [3.63, 3.8) is 0 Å². The number of amides is 1. The number of rotatable bonds is 3. The molecule has 0 bridgehead atoms. The van der Waals surface area contributed by atoms with Crippen LogP contribution >= 0.6 is 0 Å². The molecule has 0 aliphatic heterocycles. The number of alkyl carbamates (subject to hydrolysis) is 1. The van der Waals surface area contributed by atoms with Gasteiger partial charge in [0.05, 0.1) is 0 Å². The second kappa shape index (κ2) is 7.00. The van der Waals surface area contributed by atoms with E-state index in [1.165, 1.54) is 25.7 Å². The van der Waals surface area contributed by atoms with Crippen LogP contribution in [0, 0.1) is 11.3 Å². The van der Waals surface area contributed by atoms with E-state index in [9.17, 15) is 4.79 Å². The lowest BCUT2D eigenvalue weighted by Gasteiger charge is -2.45. The molecule has 0 aromatic rings. The molecule has 2 saturated carbocycles. The Hall–Kier alpha value is -0.770. The van der Waals surface area contributed by atoms with Crippen LogP contribution in [0.1, 0.15) is 80.1 Å². The Kier molecular flexibility index (Phi) is 5.65. The van der Waals surface area contributed by atoms with Gasteiger partial charge in [0, 0.05) is 18.1 Å².